The highest BCUT2D eigenvalue weighted by Crippen LogP contribution is 2.42. The van der Waals surface area contributed by atoms with E-state index in [4.69, 9.17) is 20.0 Å². The summed E-state index contributed by atoms with van der Waals surface area (Å²) in [7, 11) is 1.34. The maximum Gasteiger partial charge on any atom is 0.273 e. The van der Waals surface area contributed by atoms with E-state index in [1.54, 1.807) is 6.07 Å². The summed E-state index contributed by atoms with van der Waals surface area (Å²) in [6.07, 6.45) is 8.73. The fourth-order valence-electron chi connectivity index (χ4n) is 4.75. The Morgan fingerprint density at radius 3 is 2.83 bits per heavy atom. The number of ether oxygens (including phenoxy) is 2. The molecule has 4 aromatic rings. The van der Waals surface area contributed by atoms with Crippen molar-refractivity contribution in [3.63, 3.8) is 0 Å². The van der Waals surface area contributed by atoms with Crippen LogP contribution in [0.15, 0.2) is 53.9 Å². The van der Waals surface area contributed by atoms with Gasteiger partial charge in [-0.25, -0.2) is 19.6 Å². The second-order valence-electron chi connectivity index (χ2n) is 9.99. The van der Waals surface area contributed by atoms with Gasteiger partial charge in [-0.1, -0.05) is 0 Å². The number of halogens is 1. The Balaban J connectivity index is 1.16. The lowest BCUT2D eigenvalue weighted by atomic mass is 9.91. The normalized spacial score (nSPS) is 16.3. The molecule has 0 atom stereocenters. The fourth-order valence-corrected chi connectivity index (χ4v) is 4.75. The van der Waals surface area contributed by atoms with Crippen molar-refractivity contribution in [1.82, 2.24) is 40.2 Å². The molecule has 1 aromatic carbocycles. The van der Waals surface area contributed by atoms with E-state index in [9.17, 15) is 9.90 Å². The Morgan fingerprint density at radius 2 is 2.17 bits per heavy atom. The van der Waals surface area contributed by atoms with Gasteiger partial charge in [-0.05, 0) is 52.9 Å². The molecule has 1 saturated heterocycles. The first-order valence-corrected chi connectivity index (χ1v) is 12.9. The minimum Gasteiger partial charge on any atom is -0.494 e. The molecule has 0 unspecified atom stereocenters. The zero-order valence-electron chi connectivity index (χ0n) is 22.0. The summed E-state index contributed by atoms with van der Waals surface area (Å²) in [5.74, 6) is -0.897. The molecule has 0 radical (unpaired) electrons. The predicted molar refractivity (Wildman–Crippen MR) is 139 cm³/mol. The average Bonchev–Trinajstić information content (AvgIpc) is 3.50. The smallest absolute Gasteiger partial charge is 0.273 e. The van der Waals surface area contributed by atoms with Crippen molar-refractivity contribution in [2.24, 2.45) is 5.11 Å². The number of rotatable bonds is 11. The topological polar surface area (TPSA) is 177 Å². The average molecular weight is 563 g/mol. The monoisotopic (exact) mass is 562 g/mol. The molecule has 1 aliphatic heterocycles. The summed E-state index contributed by atoms with van der Waals surface area (Å²) in [6, 6.07) is 5.02. The van der Waals surface area contributed by atoms with Gasteiger partial charge in [0, 0.05) is 36.3 Å². The zero-order chi connectivity index (χ0) is 28.6. The highest BCUT2D eigenvalue weighted by atomic mass is 19.1. The van der Waals surface area contributed by atoms with E-state index in [2.05, 4.69) is 31.3 Å². The molecule has 15 heteroatoms. The lowest BCUT2D eigenvalue weighted by Gasteiger charge is -2.37. The van der Waals surface area contributed by atoms with Crippen molar-refractivity contribution in [3.8, 4) is 11.4 Å². The standard InChI is InChI=1S/C26H27FN10O4/c1-40-22-5-4-21(37-14-31-34-35-37)18(23(22)27)8-30-25(38)20(33-28)9-29-7-17-11-36-10-16(15-2-3-15)6-19(24(36)32-17)26(39)12-41-13-26/h4-6,9-11,14-15,28-29,39H,2-3,7-8,12-13H2,1H3,(H,30,38)/b20-9-,33-28?. The molecule has 0 spiro atoms. The van der Waals surface area contributed by atoms with E-state index >= 15 is 4.39 Å². The number of benzene rings is 1. The third-order valence-electron chi connectivity index (χ3n) is 7.15. The van der Waals surface area contributed by atoms with Crippen LogP contribution >= 0.6 is 0 Å². The molecule has 212 valence electrons. The highest BCUT2D eigenvalue weighted by Gasteiger charge is 2.41. The Kier molecular flexibility index (Phi) is 6.88. The molecule has 41 heavy (non-hydrogen) atoms. The van der Waals surface area contributed by atoms with Gasteiger partial charge >= 0.3 is 0 Å². The lowest BCUT2D eigenvalue weighted by molar-refractivity contribution is -0.184. The lowest BCUT2D eigenvalue weighted by Crippen LogP contribution is -2.46. The number of carbonyl (C=O) groups excluding carboxylic acids is 1. The quantitative estimate of drug-likeness (QED) is 0.157. The summed E-state index contributed by atoms with van der Waals surface area (Å²) in [5, 5.41) is 30.8. The van der Waals surface area contributed by atoms with Crippen LogP contribution in [0.4, 0.5) is 4.39 Å². The third-order valence-corrected chi connectivity index (χ3v) is 7.15. The number of methoxy groups -OCH3 is 1. The van der Waals surface area contributed by atoms with E-state index in [0.29, 0.717) is 22.9 Å². The van der Waals surface area contributed by atoms with Crippen LogP contribution in [0.1, 0.15) is 41.1 Å². The van der Waals surface area contributed by atoms with Gasteiger partial charge in [-0.2, -0.15) is 5.11 Å². The van der Waals surface area contributed by atoms with Gasteiger partial charge < -0.3 is 29.6 Å². The number of hydrogen-bond donors (Lipinski definition) is 4. The Morgan fingerprint density at radius 1 is 1.34 bits per heavy atom. The second kappa shape index (κ2) is 10.7. The molecule has 0 bridgehead atoms. The maximum absolute atomic E-state index is 15.1. The van der Waals surface area contributed by atoms with Gasteiger partial charge in [0.2, 0.25) is 0 Å². The van der Waals surface area contributed by atoms with E-state index in [1.807, 2.05) is 22.9 Å². The number of imidazole rings is 1. The van der Waals surface area contributed by atoms with E-state index in [1.165, 1.54) is 30.4 Å². The first-order valence-electron chi connectivity index (χ1n) is 12.9. The molecular weight excluding hydrogens is 535 g/mol. The van der Waals surface area contributed by atoms with Crippen LogP contribution in [0.2, 0.25) is 0 Å². The van der Waals surface area contributed by atoms with Gasteiger partial charge in [0.1, 0.15) is 17.6 Å². The van der Waals surface area contributed by atoms with Crippen molar-refractivity contribution in [2.45, 2.75) is 37.5 Å². The number of fused-ring (bicyclic) bond motifs is 1. The van der Waals surface area contributed by atoms with E-state index in [0.717, 1.165) is 24.0 Å². The van der Waals surface area contributed by atoms with Crippen LogP contribution in [0, 0.1) is 11.3 Å². The Labute approximate surface area is 232 Å². The minimum absolute atomic E-state index is 0.00879. The number of aromatic nitrogens is 6. The maximum atomic E-state index is 15.1. The van der Waals surface area contributed by atoms with Gasteiger partial charge in [-0.15, -0.1) is 5.10 Å². The number of hydrogen-bond acceptors (Lipinski definition) is 11. The summed E-state index contributed by atoms with van der Waals surface area (Å²) in [6.45, 7) is 0.435. The molecule has 6 rings (SSSR count). The number of amides is 1. The number of aliphatic hydroxyl groups is 1. The predicted octanol–water partition coefficient (Wildman–Crippen LogP) is 1.83. The van der Waals surface area contributed by atoms with Gasteiger partial charge in [0.05, 0.1) is 38.2 Å². The first kappa shape index (κ1) is 26.5. The first-order chi connectivity index (χ1) is 19.9. The third kappa shape index (κ3) is 5.12. The van der Waals surface area contributed by atoms with Gasteiger partial charge in [-0.3, -0.25) is 4.79 Å². The molecule has 4 N–H and O–H groups in total. The number of nitrogens with zero attached hydrogens (tertiary/aromatic N) is 7. The number of nitrogens with one attached hydrogen (secondary N) is 3. The van der Waals surface area contributed by atoms with Crippen LogP contribution in [-0.4, -0.2) is 60.9 Å². The van der Waals surface area contributed by atoms with Crippen molar-refractivity contribution in [1.29, 1.82) is 5.53 Å². The van der Waals surface area contributed by atoms with Crippen molar-refractivity contribution < 1.29 is 23.8 Å². The Hall–Kier alpha value is -4.76. The van der Waals surface area contributed by atoms with Crippen molar-refractivity contribution in [3.05, 3.63) is 77.0 Å². The largest absolute Gasteiger partial charge is 0.494 e. The van der Waals surface area contributed by atoms with Crippen LogP contribution in [0.5, 0.6) is 5.75 Å². The molecule has 2 fully saturated rings. The summed E-state index contributed by atoms with van der Waals surface area (Å²) in [4.78, 5) is 17.5. The number of carbonyl (C=O) groups is 1. The minimum atomic E-state index is -1.07. The van der Waals surface area contributed by atoms with Gasteiger partial charge in [0.25, 0.3) is 5.91 Å². The molecular formula is C26H27FN10O4. The van der Waals surface area contributed by atoms with E-state index in [-0.39, 0.29) is 43.3 Å². The number of tetrazole rings is 1. The summed E-state index contributed by atoms with van der Waals surface area (Å²) < 4.78 is 28.6. The number of pyridine rings is 1. The molecule has 2 aliphatic rings. The summed E-state index contributed by atoms with van der Waals surface area (Å²) >= 11 is 0. The zero-order valence-corrected chi connectivity index (χ0v) is 22.0. The molecule has 14 nitrogen and oxygen atoms in total. The van der Waals surface area contributed by atoms with Crippen LogP contribution in [-0.2, 0) is 28.2 Å². The molecule has 1 amide bonds. The highest BCUT2D eigenvalue weighted by molar-refractivity contribution is 5.92. The van der Waals surface area contributed by atoms with Crippen molar-refractivity contribution >= 4 is 11.6 Å². The van der Waals surface area contributed by atoms with Crippen LogP contribution in [0.3, 0.4) is 0 Å². The molecule has 1 aliphatic carbocycles. The fraction of sp³-hybridized carbons (Fsp3) is 0.346. The molecule has 1 saturated carbocycles. The Bertz CT molecular complexity index is 1640. The SMILES string of the molecule is COc1ccc(-n2cnnn2)c(CNC(=O)/C(=C/NCc2cn3cc(C4CC4)cc(C4(O)COC4)c3n2)N=N)c1F. The van der Waals surface area contributed by atoms with Gasteiger partial charge in [0.15, 0.2) is 17.3 Å². The van der Waals surface area contributed by atoms with Crippen molar-refractivity contribution in [2.75, 3.05) is 20.3 Å². The van der Waals surface area contributed by atoms with Crippen LogP contribution in [0.25, 0.3) is 11.3 Å². The summed E-state index contributed by atoms with van der Waals surface area (Å²) in [5.41, 5.74) is 9.79. The van der Waals surface area contributed by atoms with Crippen LogP contribution < -0.4 is 15.4 Å². The molecule has 4 heterocycles. The van der Waals surface area contributed by atoms with E-state index < -0.39 is 17.3 Å². The molecule has 3 aromatic heterocycles. The second-order valence-corrected chi connectivity index (χ2v) is 9.99.